The Labute approximate surface area is 130 Å². The zero-order valence-corrected chi connectivity index (χ0v) is 14.5. The summed E-state index contributed by atoms with van der Waals surface area (Å²) >= 11 is 0. The number of aliphatic imine (C=N–C) groups is 1. The molecule has 1 aliphatic rings. The van der Waals surface area contributed by atoms with Crippen LogP contribution >= 0.6 is 0 Å². The van der Waals surface area contributed by atoms with E-state index in [1.54, 1.807) is 7.05 Å². The highest BCUT2D eigenvalue weighted by atomic mass is 16.5. The molecule has 0 atom stereocenters. The number of nitrogens with zero attached hydrogens (tertiary/aromatic N) is 2. The molecule has 1 aliphatic heterocycles. The molecule has 0 radical (unpaired) electrons. The number of unbranched alkanes of at least 4 members (excludes halogenated alkanes) is 3. The van der Waals surface area contributed by atoms with Gasteiger partial charge in [-0.2, -0.15) is 0 Å². The molecule has 4 nitrogen and oxygen atoms in total. The predicted octanol–water partition coefficient (Wildman–Crippen LogP) is 3.92. The predicted molar refractivity (Wildman–Crippen MR) is 92.7 cm³/mol. The van der Waals surface area contributed by atoms with Crippen LogP contribution in [0.4, 0.5) is 0 Å². The molecule has 0 amide bonds. The van der Waals surface area contributed by atoms with Crippen molar-refractivity contribution in [1.29, 1.82) is 5.41 Å². The van der Waals surface area contributed by atoms with Gasteiger partial charge in [-0.15, -0.1) is 0 Å². The number of hydrogen-bond donors (Lipinski definition) is 1. The Kier molecular flexibility index (Phi) is 11.9. The van der Waals surface area contributed by atoms with E-state index in [2.05, 4.69) is 29.9 Å². The van der Waals surface area contributed by atoms with Crippen molar-refractivity contribution in [3.8, 4) is 0 Å². The first-order chi connectivity index (χ1) is 10.2. The lowest BCUT2D eigenvalue weighted by Crippen LogP contribution is -2.32. The molecule has 0 fully saturated rings. The van der Waals surface area contributed by atoms with Crippen LogP contribution in [0.2, 0.25) is 0 Å². The Hall–Kier alpha value is -1.16. The van der Waals surface area contributed by atoms with E-state index in [9.17, 15) is 0 Å². The van der Waals surface area contributed by atoms with Crippen LogP contribution in [0.25, 0.3) is 0 Å². The number of hydrogen-bond acceptors (Lipinski definition) is 4. The van der Waals surface area contributed by atoms with E-state index < -0.39 is 0 Å². The summed E-state index contributed by atoms with van der Waals surface area (Å²) in [4.78, 5) is 6.48. The van der Waals surface area contributed by atoms with Gasteiger partial charge in [-0.1, -0.05) is 46.1 Å². The topological polar surface area (TPSA) is 48.7 Å². The third kappa shape index (κ3) is 8.00. The lowest BCUT2D eigenvalue weighted by Gasteiger charge is -2.23. The van der Waals surface area contributed by atoms with Gasteiger partial charge in [0.2, 0.25) is 5.90 Å². The fourth-order valence-corrected chi connectivity index (χ4v) is 2.23. The average Bonchev–Trinajstić information content (AvgIpc) is 2.50. The maximum atomic E-state index is 8.02. The Morgan fingerprint density at radius 3 is 2.62 bits per heavy atom. The van der Waals surface area contributed by atoms with Gasteiger partial charge in [-0.25, -0.2) is 0 Å². The number of likely N-dealkylation sites (N-methyl/N-ethyl adjacent to an activating group) is 1. The smallest absolute Gasteiger partial charge is 0.232 e. The van der Waals surface area contributed by atoms with Crippen LogP contribution in [0.3, 0.4) is 0 Å². The maximum absolute atomic E-state index is 8.02. The second-order valence-electron chi connectivity index (χ2n) is 5.07. The highest BCUT2D eigenvalue weighted by Gasteiger charge is 2.17. The Morgan fingerprint density at radius 2 is 2.05 bits per heavy atom. The van der Waals surface area contributed by atoms with Crippen LogP contribution in [0.5, 0.6) is 0 Å². The van der Waals surface area contributed by atoms with Crippen LogP contribution < -0.4 is 0 Å². The molecule has 0 aliphatic carbocycles. The molecule has 1 heterocycles. The Balaban J connectivity index is 0.00000191. The minimum Gasteiger partial charge on any atom is -0.477 e. The second kappa shape index (κ2) is 12.6. The molecule has 122 valence electrons. The molecule has 0 spiro atoms. The van der Waals surface area contributed by atoms with Gasteiger partial charge in [-0.05, 0) is 25.5 Å². The molecule has 1 rings (SSSR count). The second-order valence-corrected chi connectivity index (χ2v) is 5.07. The number of nitrogens with one attached hydrogen (secondary N) is 1. The molecule has 0 bridgehead atoms. The van der Waals surface area contributed by atoms with Crippen molar-refractivity contribution in [3.05, 3.63) is 11.6 Å². The zero-order valence-electron chi connectivity index (χ0n) is 14.5. The highest BCUT2D eigenvalue weighted by Crippen LogP contribution is 2.11. The molecule has 4 heteroatoms. The normalized spacial score (nSPS) is 15.9. The summed E-state index contributed by atoms with van der Waals surface area (Å²) in [6.07, 6.45) is 7.85. The van der Waals surface area contributed by atoms with E-state index in [-0.39, 0.29) is 5.90 Å². The molecule has 0 aromatic heterocycles. The summed E-state index contributed by atoms with van der Waals surface area (Å²) in [6.45, 7) is 8.75. The standard InChI is InChI=1S/C15H27N3O.C2H6/c1-4-5-6-7-11-19-15(16)14(17-2)13-9-8-10-18(3)12-13;1-2/h9,16H,4-8,10-12H2,1-3H3;1-2H3. The molecule has 0 aromatic rings. The molecular formula is C17H33N3O. The highest BCUT2D eigenvalue weighted by molar-refractivity contribution is 6.44. The minimum absolute atomic E-state index is 0.223. The van der Waals surface area contributed by atoms with Crippen LogP contribution in [0.1, 0.15) is 52.9 Å². The van der Waals surface area contributed by atoms with Crippen LogP contribution in [0.15, 0.2) is 16.6 Å². The summed E-state index contributed by atoms with van der Waals surface area (Å²) in [5.74, 6) is 0.223. The monoisotopic (exact) mass is 295 g/mol. The molecule has 0 unspecified atom stereocenters. The summed E-state index contributed by atoms with van der Waals surface area (Å²) in [7, 11) is 3.83. The lowest BCUT2D eigenvalue weighted by atomic mass is 10.1. The van der Waals surface area contributed by atoms with Gasteiger partial charge >= 0.3 is 0 Å². The Bertz CT molecular complexity index is 348. The minimum atomic E-state index is 0.223. The fourth-order valence-electron chi connectivity index (χ4n) is 2.23. The van der Waals surface area contributed by atoms with Gasteiger partial charge in [0, 0.05) is 20.1 Å². The maximum Gasteiger partial charge on any atom is 0.232 e. The van der Waals surface area contributed by atoms with Gasteiger partial charge in [-0.3, -0.25) is 10.4 Å². The summed E-state index contributed by atoms with van der Waals surface area (Å²) in [6, 6.07) is 0. The van der Waals surface area contributed by atoms with Crippen molar-refractivity contribution in [2.24, 2.45) is 4.99 Å². The van der Waals surface area contributed by atoms with Crippen molar-refractivity contribution in [2.45, 2.75) is 52.9 Å². The van der Waals surface area contributed by atoms with Crippen LogP contribution in [-0.4, -0.2) is 50.3 Å². The van der Waals surface area contributed by atoms with Crippen molar-refractivity contribution in [1.82, 2.24) is 4.90 Å². The summed E-state index contributed by atoms with van der Waals surface area (Å²) < 4.78 is 5.52. The lowest BCUT2D eigenvalue weighted by molar-refractivity contribution is 0.295. The quantitative estimate of drug-likeness (QED) is 0.439. The summed E-state index contributed by atoms with van der Waals surface area (Å²) in [5.41, 5.74) is 1.83. The van der Waals surface area contributed by atoms with Gasteiger partial charge in [0.25, 0.3) is 0 Å². The first-order valence-corrected chi connectivity index (χ1v) is 8.25. The largest absolute Gasteiger partial charge is 0.477 e. The van der Waals surface area contributed by atoms with Crippen molar-refractivity contribution in [3.63, 3.8) is 0 Å². The molecular weight excluding hydrogens is 262 g/mol. The van der Waals surface area contributed by atoms with Gasteiger partial charge in [0.15, 0.2) is 0 Å². The Morgan fingerprint density at radius 1 is 1.33 bits per heavy atom. The molecule has 21 heavy (non-hydrogen) atoms. The molecule has 1 N–H and O–H groups in total. The summed E-state index contributed by atoms with van der Waals surface area (Å²) in [5, 5.41) is 8.02. The average molecular weight is 295 g/mol. The van der Waals surface area contributed by atoms with Gasteiger partial charge in [0.05, 0.1) is 6.61 Å². The van der Waals surface area contributed by atoms with Crippen LogP contribution in [-0.2, 0) is 4.74 Å². The van der Waals surface area contributed by atoms with E-state index >= 15 is 0 Å². The zero-order chi connectivity index (χ0) is 16.1. The number of ether oxygens (including phenoxy) is 1. The van der Waals surface area contributed by atoms with Crippen molar-refractivity contribution in [2.75, 3.05) is 33.8 Å². The van der Waals surface area contributed by atoms with E-state index in [0.717, 1.165) is 31.5 Å². The van der Waals surface area contributed by atoms with Gasteiger partial charge in [0.1, 0.15) is 5.71 Å². The van der Waals surface area contributed by atoms with E-state index in [0.29, 0.717) is 12.3 Å². The first kappa shape index (κ1) is 19.8. The van der Waals surface area contributed by atoms with E-state index in [4.69, 9.17) is 10.1 Å². The van der Waals surface area contributed by atoms with Gasteiger partial charge < -0.3 is 9.64 Å². The van der Waals surface area contributed by atoms with Crippen molar-refractivity contribution < 1.29 is 4.74 Å². The third-order valence-electron chi connectivity index (χ3n) is 3.33. The van der Waals surface area contributed by atoms with E-state index in [1.807, 2.05) is 13.8 Å². The number of rotatable bonds is 7. The molecule has 0 aromatic carbocycles. The molecule has 0 saturated carbocycles. The van der Waals surface area contributed by atoms with E-state index in [1.165, 1.54) is 19.3 Å². The van der Waals surface area contributed by atoms with Crippen LogP contribution in [0, 0.1) is 5.41 Å². The SMILES string of the molecule is CC.CCCCCCOC(=N)C(=NC)C1=CCCN(C)C1. The first-order valence-electron chi connectivity index (χ1n) is 8.25. The van der Waals surface area contributed by atoms with Crippen molar-refractivity contribution >= 4 is 11.6 Å². The third-order valence-corrected chi connectivity index (χ3v) is 3.33. The fraction of sp³-hybridized carbons (Fsp3) is 0.765. The molecule has 0 saturated heterocycles.